The Labute approximate surface area is 112 Å². The van der Waals surface area contributed by atoms with E-state index in [-0.39, 0.29) is 32.3 Å². The van der Waals surface area contributed by atoms with Gasteiger partial charge in [0.05, 0.1) is 20.3 Å². The number of benzene rings is 1. The van der Waals surface area contributed by atoms with Gasteiger partial charge in [-0.05, 0) is 17.7 Å². The average Bonchev–Trinajstić information content (AvgIpc) is 2.45. The summed E-state index contributed by atoms with van der Waals surface area (Å²) < 4.78 is 5.05. The molecule has 0 aliphatic rings. The van der Waals surface area contributed by atoms with Gasteiger partial charge in [0.2, 0.25) is 0 Å². The van der Waals surface area contributed by atoms with Crippen molar-refractivity contribution in [2.45, 2.75) is 6.54 Å². The predicted octanol–water partition coefficient (Wildman–Crippen LogP) is 0.191. The van der Waals surface area contributed by atoms with Crippen molar-refractivity contribution in [1.29, 1.82) is 0 Å². The maximum Gasteiger partial charge on any atom is 0.317 e. The highest BCUT2D eigenvalue weighted by Crippen LogP contribution is 2.10. The van der Waals surface area contributed by atoms with Crippen molar-refractivity contribution in [3.05, 3.63) is 29.8 Å². The second-order valence-corrected chi connectivity index (χ2v) is 3.94. The van der Waals surface area contributed by atoms with Gasteiger partial charge < -0.3 is 25.2 Å². The van der Waals surface area contributed by atoms with Crippen molar-refractivity contribution in [2.24, 2.45) is 0 Å². The number of hydrogen-bond donors (Lipinski definition) is 3. The van der Waals surface area contributed by atoms with Crippen LogP contribution >= 0.6 is 0 Å². The third-order valence-corrected chi connectivity index (χ3v) is 2.63. The first-order valence-electron chi connectivity index (χ1n) is 6.08. The van der Waals surface area contributed by atoms with Crippen LogP contribution in [0, 0.1) is 0 Å². The second-order valence-electron chi connectivity index (χ2n) is 3.94. The van der Waals surface area contributed by atoms with E-state index in [0.29, 0.717) is 6.54 Å². The highest BCUT2D eigenvalue weighted by Gasteiger charge is 2.11. The smallest absolute Gasteiger partial charge is 0.317 e. The van der Waals surface area contributed by atoms with Crippen molar-refractivity contribution < 1.29 is 19.7 Å². The van der Waals surface area contributed by atoms with Gasteiger partial charge in [0, 0.05) is 19.6 Å². The number of nitrogens with zero attached hydrogens (tertiary/aromatic N) is 1. The van der Waals surface area contributed by atoms with Crippen LogP contribution in [-0.2, 0) is 6.54 Å². The average molecular weight is 268 g/mol. The summed E-state index contributed by atoms with van der Waals surface area (Å²) in [5, 5.41) is 20.4. The van der Waals surface area contributed by atoms with Gasteiger partial charge >= 0.3 is 6.03 Å². The number of amides is 2. The number of hydrogen-bond acceptors (Lipinski definition) is 4. The van der Waals surface area contributed by atoms with Gasteiger partial charge in [-0.1, -0.05) is 12.1 Å². The van der Waals surface area contributed by atoms with Crippen LogP contribution in [0.4, 0.5) is 4.79 Å². The molecule has 0 saturated heterocycles. The molecule has 0 aromatic heterocycles. The van der Waals surface area contributed by atoms with E-state index in [1.165, 1.54) is 4.90 Å². The molecule has 0 unspecified atom stereocenters. The SMILES string of the molecule is COc1ccc(CNC(=O)N(CCO)CCO)cc1. The lowest BCUT2D eigenvalue weighted by Crippen LogP contribution is -2.42. The Balaban J connectivity index is 2.46. The monoisotopic (exact) mass is 268 g/mol. The Morgan fingerprint density at radius 3 is 2.26 bits per heavy atom. The van der Waals surface area contributed by atoms with Gasteiger partial charge in [0.1, 0.15) is 5.75 Å². The Bertz CT molecular complexity index is 375. The lowest BCUT2D eigenvalue weighted by atomic mass is 10.2. The Hall–Kier alpha value is -1.79. The van der Waals surface area contributed by atoms with Crippen molar-refractivity contribution in [3.63, 3.8) is 0 Å². The fraction of sp³-hybridized carbons (Fsp3) is 0.462. The summed E-state index contributed by atoms with van der Waals surface area (Å²) in [7, 11) is 1.60. The van der Waals surface area contributed by atoms with Gasteiger partial charge in [-0.25, -0.2) is 4.79 Å². The molecule has 0 aliphatic carbocycles. The summed E-state index contributed by atoms with van der Waals surface area (Å²) in [6.07, 6.45) is 0. The lowest BCUT2D eigenvalue weighted by Gasteiger charge is -2.21. The molecule has 0 aliphatic heterocycles. The summed E-state index contributed by atoms with van der Waals surface area (Å²) >= 11 is 0. The maximum atomic E-state index is 11.8. The molecular formula is C13H20N2O4. The standard InChI is InChI=1S/C13H20N2O4/c1-19-12-4-2-11(3-5-12)10-14-13(18)15(6-8-16)7-9-17/h2-5,16-17H,6-10H2,1H3,(H,14,18). The van der Waals surface area contributed by atoms with Crippen LogP contribution in [0.1, 0.15) is 5.56 Å². The molecule has 0 fully saturated rings. The number of carbonyl (C=O) groups excluding carboxylic acids is 1. The molecule has 1 aromatic rings. The number of nitrogens with one attached hydrogen (secondary N) is 1. The largest absolute Gasteiger partial charge is 0.497 e. The minimum Gasteiger partial charge on any atom is -0.497 e. The Kier molecular flexibility index (Phi) is 6.70. The number of carbonyl (C=O) groups is 1. The van der Waals surface area contributed by atoms with Crippen LogP contribution in [0.25, 0.3) is 0 Å². The van der Waals surface area contributed by atoms with Crippen molar-refractivity contribution >= 4 is 6.03 Å². The topological polar surface area (TPSA) is 82.0 Å². The third-order valence-electron chi connectivity index (χ3n) is 2.63. The van der Waals surface area contributed by atoms with Crippen LogP contribution in [0.15, 0.2) is 24.3 Å². The van der Waals surface area contributed by atoms with Crippen molar-refractivity contribution in [3.8, 4) is 5.75 Å². The molecule has 6 heteroatoms. The summed E-state index contributed by atoms with van der Waals surface area (Å²) in [6.45, 7) is 0.534. The van der Waals surface area contributed by atoms with Crippen molar-refractivity contribution in [2.75, 3.05) is 33.4 Å². The first kappa shape index (κ1) is 15.3. The van der Waals surface area contributed by atoms with Crippen molar-refractivity contribution in [1.82, 2.24) is 10.2 Å². The molecule has 0 spiro atoms. The number of aliphatic hydroxyl groups is 2. The van der Waals surface area contributed by atoms with Crippen LogP contribution in [0.5, 0.6) is 5.75 Å². The van der Waals surface area contributed by atoms with E-state index in [9.17, 15) is 4.79 Å². The molecule has 1 rings (SSSR count). The minimum absolute atomic E-state index is 0.129. The molecule has 106 valence electrons. The molecule has 19 heavy (non-hydrogen) atoms. The molecule has 1 aromatic carbocycles. The summed E-state index contributed by atoms with van der Waals surface area (Å²) in [6, 6.07) is 7.06. The molecule has 0 heterocycles. The Morgan fingerprint density at radius 2 is 1.79 bits per heavy atom. The van der Waals surface area contributed by atoms with Crippen LogP contribution in [-0.4, -0.2) is 54.6 Å². The molecular weight excluding hydrogens is 248 g/mol. The lowest BCUT2D eigenvalue weighted by molar-refractivity contribution is 0.158. The summed E-state index contributed by atoms with van der Waals surface area (Å²) in [5.41, 5.74) is 0.946. The number of methoxy groups -OCH3 is 1. The van der Waals surface area contributed by atoms with E-state index in [2.05, 4.69) is 5.32 Å². The third kappa shape index (κ3) is 5.15. The Morgan fingerprint density at radius 1 is 1.21 bits per heavy atom. The highest BCUT2D eigenvalue weighted by atomic mass is 16.5. The minimum atomic E-state index is -0.307. The highest BCUT2D eigenvalue weighted by molar-refractivity contribution is 5.74. The second kappa shape index (κ2) is 8.34. The van der Waals surface area contributed by atoms with E-state index in [1.807, 2.05) is 24.3 Å². The van der Waals surface area contributed by atoms with Crippen LogP contribution in [0.3, 0.4) is 0 Å². The van der Waals surface area contributed by atoms with E-state index in [1.54, 1.807) is 7.11 Å². The summed E-state index contributed by atoms with van der Waals surface area (Å²) in [5.74, 6) is 0.761. The molecule has 0 bridgehead atoms. The van der Waals surface area contributed by atoms with Crippen LogP contribution < -0.4 is 10.1 Å². The van der Waals surface area contributed by atoms with E-state index < -0.39 is 0 Å². The first-order valence-corrected chi connectivity index (χ1v) is 6.08. The molecule has 0 radical (unpaired) electrons. The molecule has 3 N–H and O–H groups in total. The fourth-order valence-electron chi connectivity index (χ4n) is 1.59. The van der Waals surface area contributed by atoms with Crippen LogP contribution in [0.2, 0.25) is 0 Å². The zero-order valence-corrected chi connectivity index (χ0v) is 11.0. The fourth-order valence-corrected chi connectivity index (χ4v) is 1.59. The number of rotatable bonds is 7. The molecule has 0 atom stereocenters. The van der Waals surface area contributed by atoms with Gasteiger partial charge in [-0.15, -0.1) is 0 Å². The van der Waals surface area contributed by atoms with Gasteiger partial charge in [-0.3, -0.25) is 0 Å². The number of aliphatic hydroxyl groups excluding tert-OH is 2. The normalized spacial score (nSPS) is 10.1. The summed E-state index contributed by atoms with van der Waals surface area (Å²) in [4.78, 5) is 13.2. The molecule has 6 nitrogen and oxygen atoms in total. The van der Waals surface area contributed by atoms with Gasteiger partial charge in [-0.2, -0.15) is 0 Å². The number of ether oxygens (including phenoxy) is 1. The van der Waals surface area contributed by atoms with E-state index in [0.717, 1.165) is 11.3 Å². The van der Waals surface area contributed by atoms with Gasteiger partial charge in [0.25, 0.3) is 0 Å². The molecule has 0 saturated carbocycles. The van der Waals surface area contributed by atoms with E-state index in [4.69, 9.17) is 14.9 Å². The molecule has 2 amide bonds. The maximum absolute atomic E-state index is 11.8. The number of urea groups is 1. The van der Waals surface area contributed by atoms with E-state index >= 15 is 0 Å². The van der Waals surface area contributed by atoms with Gasteiger partial charge in [0.15, 0.2) is 0 Å². The quantitative estimate of drug-likeness (QED) is 0.659. The first-order chi connectivity index (χ1) is 9.21. The predicted molar refractivity (Wildman–Crippen MR) is 71.0 cm³/mol. The zero-order chi connectivity index (χ0) is 14.1. The zero-order valence-electron chi connectivity index (χ0n) is 11.0.